The van der Waals surface area contributed by atoms with Crippen LogP contribution in [0, 0.1) is 0 Å². The molecular weight excluding hydrogens is 669 g/mol. The van der Waals surface area contributed by atoms with Gasteiger partial charge >= 0.3 is 0 Å². The molecule has 8 aromatic carbocycles. The second-order valence-electron chi connectivity index (χ2n) is 14.4. The molecule has 0 saturated carbocycles. The summed E-state index contributed by atoms with van der Waals surface area (Å²) in [5, 5.41) is 7.14. The Morgan fingerprint density at radius 1 is 0.455 bits per heavy atom. The summed E-state index contributed by atoms with van der Waals surface area (Å²) < 4.78 is 8.82. The summed E-state index contributed by atoms with van der Waals surface area (Å²) in [5.41, 5.74) is 13.5. The van der Waals surface area contributed by atoms with Crippen molar-refractivity contribution in [2.45, 2.75) is 12.8 Å². The fraction of sp³-hybridized carbons (Fsp3) is 0.0385. The Labute approximate surface area is 319 Å². The summed E-state index contributed by atoms with van der Waals surface area (Å²) in [5.74, 6) is 0. The van der Waals surface area contributed by atoms with Gasteiger partial charge in [-0.25, -0.2) is 0 Å². The third-order valence-electron chi connectivity index (χ3n) is 11.2. The molecule has 0 N–H and O–H groups in total. The third-order valence-corrected chi connectivity index (χ3v) is 11.2. The molecule has 0 aliphatic heterocycles. The van der Waals surface area contributed by atoms with E-state index in [1.54, 1.807) is 0 Å². The maximum absolute atomic E-state index is 6.41. The van der Waals surface area contributed by atoms with E-state index in [9.17, 15) is 0 Å². The minimum atomic E-state index is 0.884. The van der Waals surface area contributed by atoms with Gasteiger partial charge in [0.15, 0.2) is 0 Å². The van der Waals surface area contributed by atoms with Crippen LogP contribution in [0.25, 0.3) is 76.9 Å². The van der Waals surface area contributed by atoms with Crippen molar-refractivity contribution in [1.82, 2.24) is 4.57 Å². The number of anilines is 3. The van der Waals surface area contributed by atoms with Gasteiger partial charge in [0.2, 0.25) is 0 Å². The molecule has 10 aromatic rings. The van der Waals surface area contributed by atoms with Gasteiger partial charge in [-0.15, -0.1) is 0 Å². The highest BCUT2D eigenvalue weighted by molar-refractivity contribution is 6.24. The summed E-state index contributed by atoms with van der Waals surface area (Å²) in [7, 11) is 0. The van der Waals surface area contributed by atoms with Gasteiger partial charge in [-0.1, -0.05) is 133 Å². The standard InChI is InChI=1S/C52H36N2O/c1-3-13-35(14-4-1)36-23-25-37(26-24-36)38-27-29-40(30-28-38)53(39-15-5-2-6-16-39)48-34-49-52(45-19-8-7-17-42(45)48)46-20-9-11-21-47(46)54(49)41-31-32-44-43-18-10-12-22-50(43)55-51(44)33-41/h2-3,5-34H,1,4H2. The average molecular weight is 705 g/mol. The molecule has 3 heteroatoms. The van der Waals surface area contributed by atoms with E-state index >= 15 is 0 Å². The topological polar surface area (TPSA) is 21.3 Å². The Morgan fingerprint density at radius 3 is 1.87 bits per heavy atom. The number of aromatic nitrogens is 1. The van der Waals surface area contributed by atoms with Gasteiger partial charge in [-0.05, 0) is 95.1 Å². The number of furan rings is 1. The van der Waals surface area contributed by atoms with Crippen LogP contribution in [0.15, 0.2) is 199 Å². The van der Waals surface area contributed by atoms with Gasteiger partial charge < -0.3 is 13.9 Å². The predicted octanol–water partition coefficient (Wildman–Crippen LogP) is 14.7. The number of para-hydroxylation sites is 3. The maximum atomic E-state index is 6.41. The van der Waals surface area contributed by atoms with E-state index in [2.05, 4.69) is 191 Å². The molecule has 0 radical (unpaired) electrons. The number of rotatable bonds is 6. The van der Waals surface area contributed by atoms with Crippen molar-refractivity contribution in [2.75, 3.05) is 4.90 Å². The molecular formula is C52H36N2O. The molecule has 0 saturated heterocycles. The second kappa shape index (κ2) is 12.8. The molecule has 55 heavy (non-hydrogen) atoms. The zero-order valence-corrected chi connectivity index (χ0v) is 30.2. The monoisotopic (exact) mass is 704 g/mol. The number of hydrogen-bond donors (Lipinski definition) is 0. The van der Waals surface area contributed by atoms with Crippen LogP contribution in [0.3, 0.4) is 0 Å². The highest BCUT2D eigenvalue weighted by Crippen LogP contribution is 2.46. The molecule has 0 unspecified atom stereocenters. The zero-order valence-electron chi connectivity index (χ0n) is 30.2. The fourth-order valence-corrected chi connectivity index (χ4v) is 8.62. The lowest BCUT2D eigenvalue weighted by Gasteiger charge is -2.27. The van der Waals surface area contributed by atoms with E-state index in [1.165, 1.54) is 43.8 Å². The predicted molar refractivity (Wildman–Crippen MR) is 232 cm³/mol. The van der Waals surface area contributed by atoms with Crippen molar-refractivity contribution in [3.8, 4) is 16.8 Å². The van der Waals surface area contributed by atoms with Crippen LogP contribution in [0.4, 0.5) is 17.1 Å². The Kier molecular flexibility index (Phi) is 7.31. The van der Waals surface area contributed by atoms with E-state index in [-0.39, 0.29) is 0 Å². The van der Waals surface area contributed by atoms with Crippen LogP contribution < -0.4 is 4.90 Å². The Morgan fingerprint density at radius 2 is 1.09 bits per heavy atom. The SMILES string of the molecule is C1=CC(c2ccc(-c3ccc(N(c4ccccc4)c4cc5c(c6ccccc46)c4ccccc4n5-c4ccc5c(c4)oc4ccccc45)cc3)cc2)=CCC1. The molecule has 0 atom stereocenters. The first-order chi connectivity index (χ1) is 27.3. The number of fused-ring (bicyclic) bond motifs is 8. The largest absolute Gasteiger partial charge is 0.456 e. The quantitative estimate of drug-likeness (QED) is 0.172. The lowest BCUT2D eigenvalue weighted by Crippen LogP contribution is -2.10. The van der Waals surface area contributed by atoms with E-state index in [0.717, 1.165) is 68.6 Å². The minimum absolute atomic E-state index is 0.884. The Hall–Kier alpha value is -7.10. The number of hydrogen-bond acceptors (Lipinski definition) is 2. The van der Waals surface area contributed by atoms with Crippen molar-refractivity contribution in [2.24, 2.45) is 0 Å². The molecule has 0 bridgehead atoms. The summed E-state index contributed by atoms with van der Waals surface area (Å²) in [6, 6.07) is 63.6. The van der Waals surface area contributed by atoms with Crippen LogP contribution in [-0.4, -0.2) is 4.57 Å². The molecule has 1 aliphatic rings. The van der Waals surface area contributed by atoms with Crippen LogP contribution in [0.5, 0.6) is 0 Å². The van der Waals surface area contributed by atoms with E-state index in [1.807, 2.05) is 12.1 Å². The zero-order chi connectivity index (χ0) is 36.3. The second-order valence-corrected chi connectivity index (χ2v) is 14.4. The van der Waals surface area contributed by atoms with Crippen molar-refractivity contribution in [3.05, 3.63) is 200 Å². The molecule has 260 valence electrons. The molecule has 2 heterocycles. The Balaban J connectivity index is 1.10. The van der Waals surface area contributed by atoms with Crippen molar-refractivity contribution < 1.29 is 4.42 Å². The number of nitrogens with zero attached hydrogens (tertiary/aromatic N) is 2. The van der Waals surface area contributed by atoms with Crippen LogP contribution in [0.1, 0.15) is 18.4 Å². The van der Waals surface area contributed by atoms with Crippen molar-refractivity contribution >= 4 is 77.2 Å². The van der Waals surface area contributed by atoms with Gasteiger partial charge in [0.05, 0.1) is 16.7 Å². The molecule has 0 fully saturated rings. The minimum Gasteiger partial charge on any atom is -0.456 e. The molecule has 0 spiro atoms. The summed E-state index contributed by atoms with van der Waals surface area (Å²) in [6.07, 6.45) is 9.08. The van der Waals surface area contributed by atoms with Crippen molar-refractivity contribution in [1.29, 1.82) is 0 Å². The lowest BCUT2D eigenvalue weighted by molar-refractivity contribution is 0.668. The molecule has 11 rings (SSSR count). The summed E-state index contributed by atoms with van der Waals surface area (Å²) >= 11 is 0. The molecule has 1 aliphatic carbocycles. The first-order valence-corrected chi connectivity index (χ1v) is 19.1. The Bertz CT molecular complexity index is 3130. The number of allylic oxidation sites excluding steroid dienone is 4. The van der Waals surface area contributed by atoms with Crippen LogP contribution in [-0.2, 0) is 0 Å². The van der Waals surface area contributed by atoms with Gasteiger partial charge in [-0.3, -0.25) is 0 Å². The summed E-state index contributed by atoms with van der Waals surface area (Å²) in [4.78, 5) is 2.40. The van der Waals surface area contributed by atoms with Crippen molar-refractivity contribution in [3.63, 3.8) is 0 Å². The van der Waals surface area contributed by atoms with Gasteiger partial charge in [-0.2, -0.15) is 0 Å². The lowest BCUT2D eigenvalue weighted by atomic mass is 9.97. The van der Waals surface area contributed by atoms with E-state index in [0.29, 0.717) is 0 Å². The van der Waals surface area contributed by atoms with E-state index < -0.39 is 0 Å². The maximum Gasteiger partial charge on any atom is 0.137 e. The first-order valence-electron chi connectivity index (χ1n) is 19.1. The smallest absolute Gasteiger partial charge is 0.137 e. The fourth-order valence-electron chi connectivity index (χ4n) is 8.62. The van der Waals surface area contributed by atoms with Gasteiger partial charge in [0, 0.05) is 50.1 Å². The van der Waals surface area contributed by atoms with Crippen LogP contribution in [0.2, 0.25) is 0 Å². The highest BCUT2D eigenvalue weighted by Gasteiger charge is 2.22. The highest BCUT2D eigenvalue weighted by atomic mass is 16.3. The van der Waals surface area contributed by atoms with Crippen LogP contribution >= 0.6 is 0 Å². The average Bonchev–Trinajstić information content (AvgIpc) is 3.80. The molecule has 3 nitrogen and oxygen atoms in total. The summed E-state index contributed by atoms with van der Waals surface area (Å²) in [6.45, 7) is 0. The third kappa shape index (κ3) is 5.20. The molecule has 0 amide bonds. The first kappa shape index (κ1) is 31.4. The normalized spacial score (nSPS) is 13.0. The van der Waals surface area contributed by atoms with Gasteiger partial charge in [0.1, 0.15) is 11.2 Å². The number of benzene rings is 8. The molecule has 2 aromatic heterocycles. The van der Waals surface area contributed by atoms with E-state index in [4.69, 9.17) is 4.42 Å². The van der Waals surface area contributed by atoms with Gasteiger partial charge in [0.25, 0.3) is 0 Å².